The topological polar surface area (TPSA) is 128 Å². The monoisotopic (exact) mass is 293 g/mol. The number of ether oxygens (including phenoxy) is 1. The standard InChI is InChI=1S/C8H11N3O5S2/c1-4(6(9)12)11-18(14,15)8-5(7(13)16-2)10-3-17-8/h3-4,11H,1-2H3,(H2,9,12). The Kier molecular flexibility index (Phi) is 4.38. The van der Waals surface area contributed by atoms with E-state index in [9.17, 15) is 18.0 Å². The van der Waals surface area contributed by atoms with Crippen LogP contribution in [0.1, 0.15) is 17.4 Å². The maximum atomic E-state index is 11.9. The summed E-state index contributed by atoms with van der Waals surface area (Å²) in [5, 5.41) is 0. The van der Waals surface area contributed by atoms with Gasteiger partial charge in [-0.2, -0.15) is 4.72 Å². The van der Waals surface area contributed by atoms with Gasteiger partial charge >= 0.3 is 5.97 Å². The number of nitrogens with one attached hydrogen (secondary N) is 1. The van der Waals surface area contributed by atoms with Crippen LogP contribution in [0.15, 0.2) is 9.72 Å². The lowest BCUT2D eigenvalue weighted by atomic mass is 10.4. The molecule has 3 N–H and O–H groups in total. The summed E-state index contributed by atoms with van der Waals surface area (Å²) in [5.41, 5.74) is 5.81. The molecule has 0 saturated heterocycles. The fourth-order valence-electron chi connectivity index (χ4n) is 1.00. The molecule has 0 aliphatic heterocycles. The van der Waals surface area contributed by atoms with Crippen LogP contribution in [-0.2, 0) is 19.6 Å². The van der Waals surface area contributed by atoms with Crippen LogP contribution in [0, 0.1) is 0 Å². The van der Waals surface area contributed by atoms with Crippen LogP contribution in [0.2, 0.25) is 0 Å². The van der Waals surface area contributed by atoms with Crippen molar-refractivity contribution in [2.24, 2.45) is 5.73 Å². The van der Waals surface area contributed by atoms with Crippen molar-refractivity contribution in [2.75, 3.05) is 7.11 Å². The highest BCUT2D eigenvalue weighted by molar-refractivity contribution is 7.91. The summed E-state index contributed by atoms with van der Waals surface area (Å²) >= 11 is 0.739. The van der Waals surface area contributed by atoms with E-state index in [1.807, 2.05) is 4.72 Å². The molecule has 10 heteroatoms. The Morgan fingerprint density at radius 2 is 2.17 bits per heavy atom. The predicted octanol–water partition coefficient (Wildman–Crippen LogP) is -0.918. The van der Waals surface area contributed by atoms with Gasteiger partial charge in [0.05, 0.1) is 18.7 Å². The van der Waals surface area contributed by atoms with Gasteiger partial charge in [0.25, 0.3) is 10.0 Å². The zero-order chi connectivity index (χ0) is 13.9. The van der Waals surface area contributed by atoms with Crippen molar-refractivity contribution in [1.29, 1.82) is 0 Å². The Morgan fingerprint density at radius 1 is 1.56 bits per heavy atom. The number of hydrogen-bond donors (Lipinski definition) is 2. The first kappa shape index (κ1) is 14.5. The molecule has 0 fully saturated rings. The molecule has 1 amide bonds. The van der Waals surface area contributed by atoms with Crippen LogP contribution in [0.25, 0.3) is 0 Å². The second-order valence-electron chi connectivity index (χ2n) is 3.23. The fraction of sp³-hybridized carbons (Fsp3) is 0.375. The highest BCUT2D eigenvalue weighted by atomic mass is 32.2. The van der Waals surface area contributed by atoms with Crippen molar-refractivity contribution in [2.45, 2.75) is 17.2 Å². The maximum absolute atomic E-state index is 11.9. The van der Waals surface area contributed by atoms with Gasteiger partial charge < -0.3 is 10.5 Å². The Hall–Kier alpha value is -1.52. The van der Waals surface area contributed by atoms with Crippen molar-refractivity contribution in [3.63, 3.8) is 0 Å². The number of methoxy groups -OCH3 is 1. The van der Waals surface area contributed by atoms with Crippen LogP contribution < -0.4 is 10.5 Å². The first-order valence-electron chi connectivity index (χ1n) is 4.63. The molecule has 1 aromatic heterocycles. The van der Waals surface area contributed by atoms with Gasteiger partial charge in [0.1, 0.15) is 0 Å². The zero-order valence-corrected chi connectivity index (χ0v) is 11.2. The number of amides is 1. The lowest BCUT2D eigenvalue weighted by Crippen LogP contribution is -2.42. The van der Waals surface area contributed by atoms with E-state index in [1.165, 1.54) is 12.4 Å². The summed E-state index contributed by atoms with van der Waals surface area (Å²) in [5.74, 6) is -1.70. The number of nitrogens with zero attached hydrogens (tertiary/aromatic N) is 1. The fourth-order valence-corrected chi connectivity index (χ4v) is 3.36. The average Bonchev–Trinajstić information content (AvgIpc) is 2.76. The second-order valence-corrected chi connectivity index (χ2v) is 5.99. The molecule has 100 valence electrons. The Balaban J connectivity index is 3.10. The van der Waals surface area contributed by atoms with Crippen LogP contribution in [0.3, 0.4) is 0 Å². The molecule has 1 rings (SSSR count). The molecule has 0 bridgehead atoms. The molecule has 0 aliphatic carbocycles. The van der Waals surface area contributed by atoms with Crippen LogP contribution in [0.5, 0.6) is 0 Å². The number of sulfonamides is 1. The molecule has 18 heavy (non-hydrogen) atoms. The number of esters is 1. The number of thiazole rings is 1. The lowest BCUT2D eigenvalue weighted by molar-refractivity contribution is -0.119. The predicted molar refractivity (Wildman–Crippen MR) is 62.4 cm³/mol. The van der Waals surface area contributed by atoms with E-state index in [0.717, 1.165) is 18.4 Å². The van der Waals surface area contributed by atoms with E-state index < -0.39 is 27.9 Å². The quantitative estimate of drug-likeness (QED) is 0.676. The van der Waals surface area contributed by atoms with Crippen LogP contribution in [0.4, 0.5) is 0 Å². The third-order valence-electron chi connectivity index (χ3n) is 1.92. The van der Waals surface area contributed by atoms with Gasteiger partial charge in [0.15, 0.2) is 9.90 Å². The lowest BCUT2D eigenvalue weighted by Gasteiger charge is -2.09. The Morgan fingerprint density at radius 3 is 2.67 bits per heavy atom. The molecular weight excluding hydrogens is 282 g/mol. The summed E-state index contributed by atoms with van der Waals surface area (Å²) in [7, 11) is -2.93. The molecule has 1 heterocycles. The molecule has 1 aromatic rings. The third kappa shape index (κ3) is 3.03. The maximum Gasteiger partial charge on any atom is 0.358 e. The summed E-state index contributed by atoms with van der Waals surface area (Å²) in [6, 6.07) is -1.09. The SMILES string of the molecule is COC(=O)c1ncsc1S(=O)(=O)NC(C)C(N)=O. The van der Waals surface area contributed by atoms with Gasteiger partial charge in [-0.05, 0) is 6.92 Å². The van der Waals surface area contributed by atoms with Crippen molar-refractivity contribution < 1.29 is 22.7 Å². The number of hydrogen-bond acceptors (Lipinski definition) is 7. The number of carbonyl (C=O) groups excluding carboxylic acids is 2. The van der Waals surface area contributed by atoms with Crippen LogP contribution in [-0.4, -0.2) is 38.4 Å². The number of aromatic nitrogens is 1. The van der Waals surface area contributed by atoms with Gasteiger partial charge in [-0.1, -0.05) is 0 Å². The van der Waals surface area contributed by atoms with E-state index >= 15 is 0 Å². The Bertz CT molecular complexity index is 565. The highest BCUT2D eigenvalue weighted by Crippen LogP contribution is 2.20. The van der Waals surface area contributed by atoms with Crippen molar-refractivity contribution >= 4 is 33.2 Å². The number of carbonyl (C=O) groups is 2. The van der Waals surface area contributed by atoms with Gasteiger partial charge in [-0.3, -0.25) is 4.79 Å². The minimum absolute atomic E-state index is 0.317. The number of primary amides is 1. The molecule has 0 radical (unpaired) electrons. The van der Waals surface area contributed by atoms with Crippen LogP contribution >= 0.6 is 11.3 Å². The average molecular weight is 293 g/mol. The summed E-state index contributed by atoms with van der Waals surface area (Å²) in [6.07, 6.45) is 0. The first-order valence-corrected chi connectivity index (χ1v) is 6.99. The molecule has 0 aliphatic rings. The second kappa shape index (κ2) is 5.42. The molecular formula is C8H11N3O5S2. The molecule has 0 spiro atoms. The highest BCUT2D eigenvalue weighted by Gasteiger charge is 2.28. The zero-order valence-electron chi connectivity index (χ0n) is 9.54. The van der Waals surface area contributed by atoms with E-state index in [4.69, 9.17) is 5.73 Å². The normalized spacial score (nSPS) is 13.0. The molecule has 1 unspecified atom stereocenters. The Labute approximate surface area is 107 Å². The molecule has 8 nitrogen and oxygen atoms in total. The van der Waals surface area contributed by atoms with Gasteiger partial charge in [-0.15, -0.1) is 11.3 Å². The molecule has 0 aromatic carbocycles. The molecule has 1 atom stereocenters. The minimum atomic E-state index is -4.04. The smallest absolute Gasteiger partial charge is 0.358 e. The minimum Gasteiger partial charge on any atom is -0.464 e. The number of rotatable bonds is 5. The van der Waals surface area contributed by atoms with E-state index in [0.29, 0.717) is 0 Å². The first-order chi connectivity index (χ1) is 8.29. The van der Waals surface area contributed by atoms with E-state index in [-0.39, 0.29) is 9.90 Å². The van der Waals surface area contributed by atoms with E-state index in [1.54, 1.807) is 0 Å². The summed E-state index contributed by atoms with van der Waals surface area (Å²) in [6.45, 7) is 1.29. The van der Waals surface area contributed by atoms with Crippen molar-refractivity contribution in [1.82, 2.24) is 9.71 Å². The van der Waals surface area contributed by atoms with Gasteiger partial charge in [-0.25, -0.2) is 18.2 Å². The van der Waals surface area contributed by atoms with Crippen molar-refractivity contribution in [3.8, 4) is 0 Å². The van der Waals surface area contributed by atoms with Gasteiger partial charge in [0.2, 0.25) is 5.91 Å². The van der Waals surface area contributed by atoms with Gasteiger partial charge in [0, 0.05) is 0 Å². The van der Waals surface area contributed by atoms with Crippen molar-refractivity contribution in [3.05, 3.63) is 11.2 Å². The molecule has 0 saturated carbocycles. The van der Waals surface area contributed by atoms with E-state index in [2.05, 4.69) is 9.72 Å². The largest absolute Gasteiger partial charge is 0.464 e. The summed E-state index contributed by atoms with van der Waals surface area (Å²) < 4.78 is 29.9. The third-order valence-corrected chi connectivity index (χ3v) is 4.83. The summed E-state index contributed by atoms with van der Waals surface area (Å²) in [4.78, 5) is 25.7. The number of nitrogens with two attached hydrogens (primary N) is 1.